The summed E-state index contributed by atoms with van der Waals surface area (Å²) in [6.45, 7) is 6.36. The molecule has 1 N–H and O–H groups in total. The SMILES string of the molecule is C#CCNCC(C)S(=O)(=O)CC(C)C. The molecule has 82 valence electrons. The quantitative estimate of drug-likeness (QED) is 0.525. The van der Waals surface area contributed by atoms with Gasteiger partial charge >= 0.3 is 0 Å². The van der Waals surface area contributed by atoms with E-state index in [9.17, 15) is 8.42 Å². The Morgan fingerprint density at radius 2 is 1.93 bits per heavy atom. The number of terminal acetylenes is 1. The number of nitrogens with one attached hydrogen (secondary N) is 1. The molecule has 0 aliphatic carbocycles. The second-order valence-corrected chi connectivity index (χ2v) is 6.33. The highest BCUT2D eigenvalue weighted by molar-refractivity contribution is 7.92. The van der Waals surface area contributed by atoms with E-state index in [1.54, 1.807) is 6.92 Å². The molecule has 14 heavy (non-hydrogen) atoms. The fourth-order valence-electron chi connectivity index (χ4n) is 1.10. The molecule has 0 amide bonds. The van der Waals surface area contributed by atoms with Gasteiger partial charge in [-0.15, -0.1) is 6.42 Å². The molecule has 4 heteroatoms. The maximum absolute atomic E-state index is 11.6. The smallest absolute Gasteiger partial charge is 0.154 e. The summed E-state index contributed by atoms with van der Waals surface area (Å²) >= 11 is 0. The number of hydrogen-bond acceptors (Lipinski definition) is 3. The van der Waals surface area contributed by atoms with E-state index in [2.05, 4.69) is 11.2 Å². The third kappa shape index (κ3) is 5.25. The van der Waals surface area contributed by atoms with Gasteiger partial charge in [-0.1, -0.05) is 19.8 Å². The van der Waals surface area contributed by atoms with Crippen LogP contribution in [0.5, 0.6) is 0 Å². The first-order valence-electron chi connectivity index (χ1n) is 4.76. The van der Waals surface area contributed by atoms with Crippen LogP contribution in [-0.2, 0) is 9.84 Å². The molecule has 0 saturated heterocycles. The fourth-order valence-corrected chi connectivity index (χ4v) is 2.73. The van der Waals surface area contributed by atoms with Crippen LogP contribution in [-0.4, -0.2) is 32.5 Å². The van der Waals surface area contributed by atoms with Crippen molar-refractivity contribution in [3.05, 3.63) is 0 Å². The first-order chi connectivity index (χ1) is 6.40. The zero-order chi connectivity index (χ0) is 11.2. The van der Waals surface area contributed by atoms with Crippen LogP contribution in [0, 0.1) is 18.3 Å². The lowest BCUT2D eigenvalue weighted by Crippen LogP contribution is -2.33. The zero-order valence-corrected chi connectivity index (χ0v) is 9.89. The molecule has 1 atom stereocenters. The Labute approximate surface area is 87.2 Å². The third-order valence-electron chi connectivity index (χ3n) is 1.84. The molecule has 0 aromatic carbocycles. The normalized spacial score (nSPS) is 13.9. The Morgan fingerprint density at radius 3 is 2.36 bits per heavy atom. The van der Waals surface area contributed by atoms with E-state index >= 15 is 0 Å². The summed E-state index contributed by atoms with van der Waals surface area (Å²) < 4.78 is 23.3. The second-order valence-electron chi connectivity index (χ2n) is 3.87. The van der Waals surface area contributed by atoms with Crippen molar-refractivity contribution in [3.63, 3.8) is 0 Å². The van der Waals surface area contributed by atoms with Crippen molar-refractivity contribution in [1.29, 1.82) is 0 Å². The van der Waals surface area contributed by atoms with Gasteiger partial charge in [-0.2, -0.15) is 0 Å². The van der Waals surface area contributed by atoms with E-state index in [-0.39, 0.29) is 16.9 Å². The van der Waals surface area contributed by atoms with Crippen molar-refractivity contribution in [2.75, 3.05) is 18.8 Å². The van der Waals surface area contributed by atoms with Gasteiger partial charge in [0.05, 0.1) is 17.5 Å². The Balaban J connectivity index is 4.10. The van der Waals surface area contributed by atoms with Crippen LogP contribution in [0.4, 0.5) is 0 Å². The number of hydrogen-bond donors (Lipinski definition) is 1. The van der Waals surface area contributed by atoms with Gasteiger partial charge in [-0.25, -0.2) is 8.42 Å². The molecule has 0 aromatic heterocycles. The first-order valence-corrected chi connectivity index (χ1v) is 6.47. The molecule has 0 aliphatic heterocycles. The predicted molar refractivity (Wildman–Crippen MR) is 59.8 cm³/mol. The lowest BCUT2D eigenvalue weighted by Gasteiger charge is -2.14. The molecule has 0 heterocycles. The molecule has 0 fully saturated rings. The fraction of sp³-hybridized carbons (Fsp3) is 0.800. The number of sulfone groups is 1. The lowest BCUT2D eigenvalue weighted by atomic mass is 10.3. The summed E-state index contributed by atoms with van der Waals surface area (Å²) in [6.07, 6.45) is 5.04. The van der Waals surface area contributed by atoms with Crippen LogP contribution >= 0.6 is 0 Å². The maximum Gasteiger partial charge on any atom is 0.154 e. The molecule has 0 bridgehead atoms. The summed E-state index contributed by atoms with van der Waals surface area (Å²) in [6, 6.07) is 0. The second kappa shape index (κ2) is 6.05. The average molecular weight is 217 g/mol. The molecular formula is C10H19NO2S. The summed E-state index contributed by atoms with van der Waals surface area (Å²) in [7, 11) is -2.97. The highest BCUT2D eigenvalue weighted by Crippen LogP contribution is 2.06. The summed E-state index contributed by atoms with van der Waals surface area (Å²) in [5, 5.41) is 2.54. The van der Waals surface area contributed by atoms with Crippen molar-refractivity contribution < 1.29 is 8.42 Å². The summed E-state index contributed by atoms with van der Waals surface area (Å²) in [5.74, 6) is 2.83. The summed E-state index contributed by atoms with van der Waals surface area (Å²) in [5.41, 5.74) is 0. The third-order valence-corrected chi connectivity index (χ3v) is 4.36. The largest absolute Gasteiger partial charge is 0.305 e. The van der Waals surface area contributed by atoms with Gasteiger partial charge in [0, 0.05) is 6.54 Å². The van der Waals surface area contributed by atoms with Gasteiger partial charge in [0.15, 0.2) is 9.84 Å². The highest BCUT2D eigenvalue weighted by atomic mass is 32.2. The lowest BCUT2D eigenvalue weighted by molar-refractivity contribution is 0.564. The average Bonchev–Trinajstić information content (AvgIpc) is 2.02. The standard InChI is InChI=1S/C10H19NO2S/c1-5-6-11-7-10(4)14(12,13)8-9(2)3/h1,9-11H,6-8H2,2-4H3. The molecule has 1 unspecified atom stereocenters. The van der Waals surface area contributed by atoms with Crippen molar-refractivity contribution in [3.8, 4) is 12.3 Å². The molecule has 0 rings (SSSR count). The monoisotopic (exact) mass is 217 g/mol. The first kappa shape index (κ1) is 13.5. The highest BCUT2D eigenvalue weighted by Gasteiger charge is 2.21. The van der Waals surface area contributed by atoms with Crippen LogP contribution in [0.25, 0.3) is 0 Å². The summed E-state index contributed by atoms with van der Waals surface area (Å²) in [4.78, 5) is 0. The van der Waals surface area contributed by atoms with Crippen LogP contribution in [0.1, 0.15) is 20.8 Å². The Morgan fingerprint density at radius 1 is 1.36 bits per heavy atom. The molecular weight excluding hydrogens is 198 g/mol. The van der Waals surface area contributed by atoms with Gasteiger partial charge in [-0.05, 0) is 12.8 Å². The van der Waals surface area contributed by atoms with E-state index < -0.39 is 9.84 Å². The van der Waals surface area contributed by atoms with Crippen molar-refractivity contribution in [2.24, 2.45) is 5.92 Å². The minimum absolute atomic E-state index is 0.176. The minimum Gasteiger partial charge on any atom is -0.305 e. The van der Waals surface area contributed by atoms with Crippen molar-refractivity contribution >= 4 is 9.84 Å². The van der Waals surface area contributed by atoms with Crippen molar-refractivity contribution in [2.45, 2.75) is 26.0 Å². The van der Waals surface area contributed by atoms with E-state index in [1.807, 2.05) is 13.8 Å². The maximum atomic E-state index is 11.6. The molecule has 0 spiro atoms. The molecule has 0 aliphatic rings. The van der Waals surface area contributed by atoms with Gasteiger partial charge in [0.2, 0.25) is 0 Å². The van der Waals surface area contributed by atoms with E-state index in [1.165, 1.54) is 0 Å². The van der Waals surface area contributed by atoms with Gasteiger partial charge in [0.1, 0.15) is 0 Å². The molecule has 3 nitrogen and oxygen atoms in total. The molecule has 0 aromatic rings. The number of rotatable bonds is 6. The zero-order valence-electron chi connectivity index (χ0n) is 9.08. The van der Waals surface area contributed by atoms with Crippen LogP contribution < -0.4 is 5.32 Å². The molecule has 0 saturated carbocycles. The van der Waals surface area contributed by atoms with Crippen LogP contribution in [0.15, 0.2) is 0 Å². The van der Waals surface area contributed by atoms with Crippen LogP contribution in [0.3, 0.4) is 0 Å². The Bertz CT molecular complexity index is 288. The Kier molecular flexibility index (Phi) is 5.82. The van der Waals surface area contributed by atoms with Crippen LogP contribution in [0.2, 0.25) is 0 Å². The van der Waals surface area contributed by atoms with Gasteiger partial charge < -0.3 is 5.32 Å². The van der Waals surface area contributed by atoms with E-state index in [0.29, 0.717) is 13.1 Å². The van der Waals surface area contributed by atoms with Gasteiger partial charge in [0.25, 0.3) is 0 Å². The molecule has 0 radical (unpaired) electrons. The Hall–Kier alpha value is -0.530. The predicted octanol–water partition coefficient (Wildman–Crippen LogP) is 0.668. The van der Waals surface area contributed by atoms with Crippen molar-refractivity contribution in [1.82, 2.24) is 5.32 Å². The minimum atomic E-state index is -2.97. The topological polar surface area (TPSA) is 46.2 Å². The van der Waals surface area contributed by atoms with E-state index in [4.69, 9.17) is 6.42 Å². The van der Waals surface area contributed by atoms with E-state index in [0.717, 1.165) is 0 Å². The van der Waals surface area contributed by atoms with Gasteiger partial charge in [-0.3, -0.25) is 0 Å².